The standard InChI is InChI=1S/C8H9F3N4OS/c9-8(10,11)7-13-1-5(17-7)3-15-4-16-6(12)2-14-15/h1-2,6H,3-4,12H2. The normalized spacial score (nSPS) is 20.9. The average molecular weight is 266 g/mol. The van der Waals surface area contributed by atoms with Gasteiger partial charge in [-0.3, -0.25) is 5.01 Å². The summed E-state index contributed by atoms with van der Waals surface area (Å²) in [6.45, 7) is 0.369. The molecule has 0 fully saturated rings. The highest BCUT2D eigenvalue weighted by atomic mass is 32.1. The van der Waals surface area contributed by atoms with E-state index in [0.29, 0.717) is 16.2 Å². The summed E-state index contributed by atoms with van der Waals surface area (Å²) in [4.78, 5) is 3.78. The summed E-state index contributed by atoms with van der Waals surface area (Å²) < 4.78 is 41.9. The lowest BCUT2D eigenvalue weighted by Crippen LogP contribution is -2.36. The Morgan fingerprint density at radius 3 is 2.88 bits per heavy atom. The van der Waals surface area contributed by atoms with Crippen LogP contribution in [0.3, 0.4) is 0 Å². The Labute approximate surface area is 98.7 Å². The van der Waals surface area contributed by atoms with E-state index in [0.717, 1.165) is 0 Å². The van der Waals surface area contributed by atoms with Gasteiger partial charge in [0.2, 0.25) is 0 Å². The van der Waals surface area contributed by atoms with Crippen LogP contribution >= 0.6 is 11.3 Å². The summed E-state index contributed by atoms with van der Waals surface area (Å²) in [7, 11) is 0. The number of thiazole rings is 1. The van der Waals surface area contributed by atoms with E-state index < -0.39 is 17.4 Å². The van der Waals surface area contributed by atoms with Crippen LogP contribution in [-0.4, -0.2) is 29.2 Å². The molecule has 9 heteroatoms. The summed E-state index contributed by atoms with van der Waals surface area (Å²) in [5.41, 5.74) is 5.39. The van der Waals surface area contributed by atoms with Crippen molar-refractivity contribution in [3.05, 3.63) is 16.1 Å². The van der Waals surface area contributed by atoms with Gasteiger partial charge >= 0.3 is 6.18 Å². The number of aromatic nitrogens is 1. The lowest BCUT2D eigenvalue weighted by Gasteiger charge is -2.24. The fourth-order valence-corrected chi connectivity index (χ4v) is 1.97. The van der Waals surface area contributed by atoms with Crippen LogP contribution in [0, 0.1) is 0 Å². The molecular formula is C8H9F3N4OS. The lowest BCUT2D eigenvalue weighted by atomic mass is 10.5. The van der Waals surface area contributed by atoms with Crippen LogP contribution < -0.4 is 5.73 Å². The summed E-state index contributed by atoms with van der Waals surface area (Å²) >= 11 is 0.596. The van der Waals surface area contributed by atoms with Crippen molar-refractivity contribution >= 4 is 17.6 Å². The molecule has 0 radical (unpaired) electrons. The summed E-state index contributed by atoms with van der Waals surface area (Å²) in [5.74, 6) is 0. The van der Waals surface area contributed by atoms with Crippen LogP contribution in [0.5, 0.6) is 0 Å². The third-order valence-electron chi connectivity index (χ3n) is 1.93. The van der Waals surface area contributed by atoms with Crippen molar-refractivity contribution in [2.45, 2.75) is 18.9 Å². The Hall–Kier alpha value is -1.19. The lowest BCUT2D eigenvalue weighted by molar-refractivity contribution is -0.137. The number of hydrazone groups is 1. The van der Waals surface area contributed by atoms with E-state index >= 15 is 0 Å². The molecule has 0 bridgehead atoms. The summed E-state index contributed by atoms with van der Waals surface area (Å²) in [6, 6.07) is 0. The van der Waals surface area contributed by atoms with Gasteiger partial charge < -0.3 is 10.5 Å². The quantitative estimate of drug-likeness (QED) is 0.874. The molecule has 0 aromatic carbocycles. The first-order valence-electron chi connectivity index (χ1n) is 4.63. The third kappa shape index (κ3) is 3.14. The smallest absolute Gasteiger partial charge is 0.336 e. The molecule has 2 N–H and O–H groups in total. The molecule has 1 unspecified atom stereocenters. The highest BCUT2D eigenvalue weighted by Crippen LogP contribution is 2.32. The summed E-state index contributed by atoms with van der Waals surface area (Å²) in [6.07, 6.45) is -2.38. The van der Waals surface area contributed by atoms with Gasteiger partial charge in [-0.1, -0.05) is 0 Å². The zero-order valence-corrected chi connectivity index (χ0v) is 9.33. The van der Waals surface area contributed by atoms with Gasteiger partial charge in [-0.15, -0.1) is 11.3 Å². The molecule has 1 aliphatic heterocycles. The van der Waals surface area contributed by atoms with Crippen LogP contribution in [0.4, 0.5) is 13.2 Å². The van der Waals surface area contributed by atoms with E-state index in [1.54, 1.807) is 0 Å². The van der Waals surface area contributed by atoms with Crippen molar-refractivity contribution in [3.8, 4) is 0 Å². The van der Waals surface area contributed by atoms with E-state index in [9.17, 15) is 13.2 Å². The van der Waals surface area contributed by atoms with Gasteiger partial charge in [0.1, 0.15) is 13.0 Å². The molecule has 1 aromatic rings. The van der Waals surface area contributed by atoms with Crippen molar-refractivity contribution in [1.29, 1.82) is 0 Å². The zero-order valence-electron chi connectivity index (χ0n) is 8.52. The molecule has 0 amide bonds. The predicted molar refractivity (Wildman–Crippen MR) is 55.1 cm³/mol. The van der Waals surface area contributed by atoms with E-state index in [2.05, 4.69) is 10.1 Å². The maximum atomic E-state index is 12.3. The van der Waals surface area contributed by atoms with E-state index in [1.165, 1.54) is 17.4 Å². The van der Waals surface area contributed by atoms with Gasteiger partial charge in [-0.25, -0.2) is 4.98 Å². The maximum Gasteiger partial charge on any atom is 0.443 e. The van der Waals surface area contributed by atoms with Gasteiger partial charge in [0.25, 0.3) is 0 Å². The largest absolute Gasteiger partial charge is 0.443 e. The first kappa shape index (κ1) is 12.3. The van der Waals surface area contributed by atoms with E-state index in [1.807, 2.05) is 0 Å². The third-order valence-corrected chi connectivity index (χ3v) is 2.95. The van der Waals surface area contributed by atoms with Crippen LogP contribution in [0.15, 0.2) is 11.3 Å². The molecule has 2 heterocycles. The number of nitrogens with two attached hydrogens (primary N) is 1. The molecular weight excluding hydrogens is 257 g/mol. The zero-order chi connectivity index (χ0) is 12.5. The number of ether oxygens (including phenoxy) is 1. The molecule has 2 rings (SSSR count). The van der Waals surface area contributed by atoms with E-state index in [-0.39, 0.29) is 13.3 Å². The molecule has 1 aliphatic rings. The van der Waals surface area contributed by atoms with Crippen molar-refractivity contribution < 1.29 is 17.9 Å². The molecule has 94 valence electrons. The van der Waals surface area contributed by atoms with Gasteiger partial charge in [-0.2, -0.15) is 18.3 Å². The highest BCUT2D eigenvalue weighted by Gasteiger charge is 2.34. The first-order chi connectivity index (χ1) is 7.95. The summed E-state index contributed by atoms with van der Waals surface area (Å²) in [5, 5.41) is 4.55. The minimum atomic E-state index is -4.40. The number of hydrogen-bond donors (Lipinski definition) is 1. The van der Waals surface area contributed by atoms with Crippen molar-refractivity contribution in [2.24, 2.45) is 10.8 Å². The van der Waals surface area contributed by atoms with Gasteiger partial charge in [0.05, 0.1) is 12.8 Å². The Balaban J connectivity index is 2.00. The second kappa shape index (κ2) is 4.59. The monoisotopic (exact) mass is 266 g/mol. The Morgan fingerprint density at radius 1 is 1.59 bits per heavy atom. The number of rotatable bonds is 2. The average Bonchev–Trinajstić information content (AvgIpc) is 2.69. The Morgan fingerprint density at radius 2 is 2.35 bits per heavy atom. The van der Waals surface area contributed by atoms with E-state index in [4.69, 9.17) is 10.5 Å². The molecule has 1 aromatic heterocycles. The van der Waals surface area contributed by atoms with Crippen molar-refractivity contribution in [3.63, 3.8) is 0 Å². The van der Waals surface area contributed by atoms with Gasteiger partial charge in [0, 0.05) is 11.1 Å². The Kier molecular flexibility index (Phi) is 3.31. The fourth-order valence-electron chi connectivity index (χ4n) is 1.19. The topological polar surface area (TPSA) is 63.7 Å². The highest BCUT2D eigenvalue weighted by molar-refractivity contribution is 7.11. The minimum Gasteiger partial charge on any atom is -0.336 e. The Bertz CT molecular complexity index is 419. The van der Waals surface area contributed by atoms with Gasteiger partial charge in [0.15, 0.2) is 5.01 Å². The fraction of sp³-hybridized carbons (Fsp3) is 0.500. The predicted octanol–water partition coefficient (Wildman–Crippen LogP) is 1.22. The number of halogens is 3. The van der Waals surface area contributed by atoms with Crippen molar-refractivity contribution in [2.75, 3.05) is 6.73 Å². The molecule has 1 atom stereocenters. The van der Waals surface area contributed by atoms with Crippen LogP contribution in [0.1, 0.15) is 9.88 Å². The van der Waals surface area contributed by atoms with Crippen LogP contribution in [0.2, 0.25) is 0 Å². The maximum absolute atomic E-state index is 12.3. The molecule has 0 aliphatic carbocycles. The van der Waals surface area contributed by atoms with Gasteiger partial charge in [-0.05, 0) is 0 Å². The minimum absolute atomic E-state index is 0.150. The molecule has 0 spiro atoms. The second-order valence-corrected chi connectivity index (χ2v) is 4.43. The van der Waals surface area contributed by atoms with Crippen LogP contribution in [0.25, 0.3) is 0 Å². The van der Waals surface area contributed by atoms with Crippen molar-refractivity contribution in [1.82, 2.24) is 9.99 Å². The second-order valence-electron chi connectivity index (χ2n) is 3.32. The number of alkyl halides is 3. The molecule has 5 nitrogen and oxygen atoms in total. The number of hydrogen-bond acceptors (Lipinski definition) is 6. The number of nitrogens with zero attached hydrogens (tertiary/aromatic N) is 3. The van der Waals surface area contributed by atoms with Crippen LogP contribution in [-0.2, 0) is 17.5 Å². The SMILES string of the molecule is NC1C=NN(Cc2cnc(C(F)(F)F)s2)CO1. The molecule has 0 saturated carbocycles. The first-order valence-corrected chi connectivity index (χ1v) is 5.45. The molecule has 17 heavy (non-hydrogen) atoms. The molecule has 0 saturated heterocycles.